The molecule has 0 saturated carbocycles. The van der Waals surface area contributed by atoms with Gasteiger partial charge in [-0.1, -0.05) is 48.5 Å². The zero-order chi connectivity index (χ0) is 12.5. The van der Waals surface area contributed by atoms with E-state index in [2.05, 4.69) is 4.74 Å². The third kappa shape index (κ3) is 1.56. The smallest absolute Gasteiger partial charge is 0.438 e. The Hall–Kier alpha value is -2.29. The fourth-order valence-electron chi connectivity index (χ4n) is 2.38. The van der Waals surface area contributed by atoms with E-state index in [-0.39, 0.29) is 6.10 Å². The van der Waals surface area contributed by atoms with E-state index < -0.39 is 6.16 Å². The summed E-state index contributed by atoms with van der Waals surface area (Å²) in [6, 6.07) is 15.9. The van der Waals surface area contributed by atoms with Crippen LogP contribution in [0.15, 0.2) is 48.5 Å². The van der Waals surface area contributed by atoms with Crippen LogP contribution in [0.3, 0.4) is 0 Å². The largest absolute Gasteiger partial charge is 0.508 e. The van der Waals surface area contributed by atoms with Gasteiger partial charge in [-0.05, 0) is 11.1 Å². The number of ether oxygens (including phenoxy) is 2. The second-order valence-corrected chi connectivity index (χ2v) is 4.13. The van der Waals surface area contributed by atoms with Gasteiger partial charge in [-0.25, -0.2) is 4.79 Å². The van der Waals surface area contributed by atoms with Crippen LogP contribution < -0.4 is 0 Å². The maximum atomic E-state index is 11.3. The summed E-state index contributed by atoms with van der Waals surface area (Å²) in [5, 5.41) is 0. The molecule has 0 saturated heterocycles. The standard InChI is InChI=1S/C15H12O3/c1-17-15(16)18-14-12-8-4-2-6-10(12)11-7-3-5-9-13(11)14/h2-9,14H,1H3. The number of hydrogen-bond donors (Lipinski definition) is 0. The molecule has 0 radical (unpaired) electrons. The topological polar surface area (TPSA) is 35.5 Å². The minimum Gasteiger partial charge on any atom is -0.438 e. The summed E-state index contributed by atoms with van der Waals surface area (Å²) in [5.41, 5.74) is 4.23. The number of fused-ring (bicyclic) bond motifs is 3. The van der Waals surface area contributed by atoms with E-state index in [1.807, 2.05) is 48.5 Å². The molecule has 0 unspecified atom stereocenters. The van der Waals surface area contributed by atoms with Gasteiger partial charge in [0.05, 0.1) is 7.11 Å². The van der Waals surface area contributed by atoms with Crippen LogP contribution in [0.1, 0.15) is 17.2 Å². The van der Waals surface area contributed by atoms with Gasteiger partial charge in [-0.2, -0.15) is 0 Å². The van der Waals surface area contributed by atoms with Gasteiger partial charge in [0.15, 0.2) is 6.10 Å². The SMILES string of the molecule is COC(=O)OC1c2ccccc2-c2ccccc21. The van der Waals surface area contributed by atoms with Crippen LogP contribution in [-0.2, 0) is 9.47 Å². The third-order valence-corrected chi connectivity index (χ3v) is 3.16. The summed E-state index contributed by atoms with van der Waals surface area (Å²) >= 11 is 0. The van der Waals surface area contributed by atoms with Crippen molar-refractivity contribution in [1.82, 2.24) is 0 Å². The Bertz CT molecular complexity index is 559. The first-order valence-corrected chi connectivity index (χ1v) is 5.74. The van der Waals surface area contributed by atoms with Crippen molar-refractivity contribution in [2.75, 3.05) is 7.11 Å². The van der Waals surface area contributed by atoms with Crippen molar-refractivity contribution in [3.63, 3.8) is 0 Å². The monoisotopic (exact) mass is 240 g/mol. The number of methoxy groups -OCH3 is 1. The quantitative estimate of drug-likeness (QED) is 0.715. The van der Waals surface area contributed by atoms with E-state index in [9.17, 15) is 4.79 Å². The summed E-state index contributed by atoms with van der Waals surface area (Å²) in [7, 11) is 1.31. The van der Waals surface area contributed by atoms with Crippen molar-refractivity contribution < 1.29 is 14.3 Å². The van der Waals surface area contributed by atoms with Crippen LogP contribution in [0, 0.1) is 0 Å². The molecule has 0 aromatic heterocycles. The van der Waals surface area contributed by atoms with Gasteiger partial charge >= 0.3 is 6.16 Å². The van der Waals surface area contributed by atoms with E-state index in [1.54, 1.807) is 0 Å². The molecule has 0 bridgehead atoms. The van der Waals surface area contributed by atoms with Gasteiger partial charge in [-0.15, -0.1) is 0 Å². The molecule has 0 aliphatic heterocycles. The van der Waals surface area contributed by atoms with Crippen LogP contribution >= 0.6 is 0 Å². The lowest BCUT2D eigenvalue weighted by Gasteiger charge is -2.13. The van der Waals surface area contributed by atoms with Crippen molar-refractivity contribution in [3.8, 4) is 11.1 Å². The van der Waals surface area contributed by atoms with E-state index in [1.165, 1.54) is 7.11 Å². The molecule has 0 heterocycles. The molecule has 1 aliphatic carbocycles. The highest BCUT2D eigenvalue weighted by Gasteiger charge is 2.31. The molecule has 90 valence electrons. The first-order chi connectivity index (χ1) is 8.81. The summed E-state index contributed by atoms with van der Waals surface area (Å²) < 4.78 is 9.93. The molecule has 3 rings (SSSR count). The molecular formula is C15H12O3. The van der Waals surface area contributed by atoms with Crippen molar-refractivity contribution in [2.45, 2.75) is 6.10 Å². The molecular weight excluding hydrogens is 228 g/mol. The Morgan fingerprint density at radius 3 is 1.94 bits per heavy atom. The molecule has 0 N–H and O–H groups in total. The van der Waals surface area contributed by atoms with Gasteiger partial charge in [0.1, 0.15) is 0 Å². The van der Waals surface area contributed by atoms with Crippen LogP contribution in [0.2, 0.25) is 0 Å². The lowest BCUT2D eigenvalue weighted by molar-refractivity contribution is 0.0511. The molecule has 3 nitrogen and oxygen atoms in total. The third-order valence-electron chi connectivity index (χ3n) is 3.16. The predicted molar refractivity (Wildman–Crippen MR) is 67.2 cm³/mol. The Balaban J connectivity index is 2.12. The molecule has 2 aromatic rings. The number of hydrogen-bond acceptors (Lipinski definition) is 3. The van der Waals surface area contributed by atoms with Crippen LogP contribution in [0.5, 0.6) is 0 Å². The Kier molecular flexibility index (Phi) is 2.52. The van der Waals surface area contributed by atoms with E-state index >= 15 is 0 Å². The normalized spacial score (nSPS) is 12.7. The fourth-order valence-corrected chi connectivity index (χ4v) is 2.38. The number of benzene rings is 2. The fraction of sp³-hybridized carbons (Fsp3) is 0.133. The molecule has 18 heavy (non-hydrogen) atoms. The Labute approximate surface area is 105 Å². The summed E-state index contributed by atoms with van der Waals surface area (Å²) in [6.07, 6.45) is -1.03. The zero-order valence-corrected chi connectivity index (χ0v) is 9.92. The second-order valence-electron chi connectivity index (χ2n) is 4.13. The molecule has 2 aromatic carbocycles. The lowest BCUT2D eigenvalue weighted by atomic mass is 10.1. The van der Waals surface area contributed by atoms with Crippen molar-refractivity contribution in [2.24, 2.45) is 0 Å². The van der Waals surface area contributed by atoms with E-state index in [4.69, 9.17) is 4.74 Å². The highest BCUT2D eigenvalue weighted by Crippen LogP contribution is 2.45. The van der Waals surface area contributed by atoms with Crippen molar-refractivity contribution in [3.05, 3.63) is 59.7 Å². The molecule has 0 fully saturated rings. The number of carbonyl (C=O) groups is 1. The van der Waals surface area contributed by atoms with Gasteiger partial charge < -0.3 is 9.47 Å². The number of rotatable bonds is 1. The second kappa shape index (κ2) is 4.18. The summed E-state index contributed by atoms with van der Waals surface area (Å²) in [6.45, 7) is 0. The molecule has 1 aliphatic rings. The zero-order valence-electron chi connectivity index (χ0n) is 9.92. The Morgan fingerprint density at radius 1 is 0.944 bits per heavy atom. The van der Waals surface area contributed by atoms with Crippen molar-refractivity contribution in [1.29, 1.82) is 0 Å². The minimum atomic E-state index is -0.661. The average molecular weight is 240 g/mol. The highest BCUT2D eigenvalue weighted by atomic mass is 16.7. The summed E-state index contributed by atoms with van der Waals surface area (Å²) in [4.78, 5) is 11.3. The van der Waals surface area contributed by atoms with Gasteiger partial charge in [-0.3, -0.25) is 0 Å². The predicted octanol–water partition coefficient (Wildman–Crippen LogP) is 3.54. The van der Waals surface area contributed by atoms with E-state index in [0.29, 0.717) is 0 Å². The average Bonchev–Trinajstić information content (AvgIpc) is 2.74. The van der Waals surface area contributed by atoms with Crippen LogP contribution in [-0.4, -0.2) is 13.3 Å². The van der Waals surface area contributed by atoms with Gasteiger partial charge in [0, 0.05) is 11.1 Å². The highest BCUT2D eigenvalue weighted by molar-refractivity contribution is 5.79. The maximum Gasteiger partial charge on any atom is 0.508 e. The van der Waals surface area contributed by atoms with Crippen LogP contribution in [0.25, 0.3) is 11.1 Å². The summed E-state index contributed by atoms with van der Waals surface area (Å²) in [5.74, 6) is 0. The van der Waals surface area contributed by atoms with Gasteiger partial charge in [0.2, 0.25) is 0 Å². The first kappa shape index (κ1) is 10.8. The maximum absolute atomic E-state index is 11.3. The molecule has 0 amide bonds. The van der Waals surface area contributed by atoms with E-state index in [0.717, 1.165) is 22.3 Å². The van der Waals surface area contributed by atoms with Crippen LogP contribution in [0.4, 0.5) is 4.79 Å². The molecule has 0 spiro atoms. The number of carbonyl (C=O) groups excluding carboxylic acids is 1. The molecule has 0 atom stereocenters. The first-order valence-electron chi connectivity index (χ1n) is 5.74. The van der Waals surface area contributed by atoms with Gasteiger partial charge in [0.25, 0.3) is 0 Å². The molecule has 3 heteroatoms. The van der Waals surface area contributed by atoms with Crippen molar-refractivity contribution >= 4 is 6.16 Å². The lowest BCUT2D eigenvalue weighted by Crippen LogP contribution is -2.10. The minimum absolute atomic E-state index is 0.371. The Morgan fingerprint density at radius 2 is 1.44 bits per heavy atom.